The van der Waals surface area contributed by atoms with Gasteiger partial charge in [0.1, 0.15) is 0 Å². The molecule has 0 atom stereocenters. The van der Waals surface area contributed by atoms with Gasteiger partial charge in [-0.2, -0.15) is 0 Å². The summed E-state index contributed by atoms with van der Waals surface area (Å²) in [4.78, 5) is 27.3. The number of amides is 2. The van der Waals surface area contributed by atoms with E-state index in [9.17, 15) is 9.59 Å². The van der Waals surface area contributed by atoms with Crippen molar-refractivity contribution < 1.29 is 9.59 Å². The predicted octanol–water partition coefficient (Wildman–Crippen LogP) is 0.629. The fourth-order valence-electron chi connectivity index (χ4n) is 0.972. The lowest BCUT2D eigenvalue weighted by molar-refractivity contribution is -0.141. The van der Waals surface area contributed by atoms with Gasteiger partial charge in [-0.15, -0.1) is 0 Å². The van der Waals surface area contributed by atoms with Gasteiger partial charge in [-0.3, -0.25) is 19.5 Å². The van der Waals surface area contributed by atoms with Crippen LogP contribution in [0, 0.1) is 0 Å². The van der Waals surface area contributed by atoms with E-state index in [1.165, 1.54) is 14.0 Å². The van der Waals surface area contributed by atoms with Crippen molar-refractivity contribution >= 4 is 11.8 Å². The van der Waals surface area contributed by atoms with Crippen LogP contribution in [-0.2, 0) is 16.0 Å². The summed E-state index contributed by atoms with van der Waals surface area (Å²) in [5.74, 6) is -0.468. The van der Waals surface area contributed by atoms with Crippen LogP contribution in [0.25, 0.3) is 0 Å². The standard InChI is InChI=1S/C10H12N2O2/c1-8(13)12(2)10(14)6-9-4-3-5-11-7-9/h3-5,7H,6H2,1-2H3. The number of hydrogen-bond donors (Lipinski definition) is 0. The average Bonchev–Trinajstić information content (AvgIpc) is 2.18. The highest BCUT2D eigenvalue weighted by Gasteiger charge is 2.12. The molecule has 0 radical (unpaired) electrons. The quantitative estimate of drug-likeness (QED) is 0.690. The maximum Gasteiger partial charge on any atom is 0.233 e. The highest BCUT2D eigenvalue weighted by atomic mass is 16.2. The number of rotatable bonds is 2. The van der Waals surface area contributed by atoms with Gasteiger partial charge in [-0.25, -0.2) is 0 Å². The third-order valence-corrected chi connectivity index (χ3v) is 1.92. The number of likely N-dealkylation sites (N-methyl/N-ethyl adjacent to an activating group) is 1. The van der Waals surface area contributed by atoms with Crippen LogP contribution >= 0.6 is 0 Å². The van der Waals surface area contributed by atoms with Gasteiger partial charge in [0.2, 0.25) is 11.8 Å². The second-order valence-electron chi connectivity index (χ2n) is 3.01. The summed E-state index contributed by atoms with van der Waals surface area (Å²) in [6.45, 7) is 1.36. The average molecular weight is 192 g/mol. The Morgan fingerprint density at radius 3 is 2.71 bits per heavy atom. The highest BCUT2D eigenvalue weighted by Crippen LogP contribution is 1.99. The van der Waals surface area contributed by atoms with Crippen LogP contribution in [-0.4, -0.2) is 28.7 Å². The molecule has 0 aromatic carbocycles. The van der Waals surface area contributed by atoms with Crippen molar-refractivity contribution in [3.8, 4) is 0 Å². The molecule has 0 saturated heterocycles. The molecule has 0 saturated carbocycles. The van der Waals surface area contributed by atoms with Gasteiger partial charge >= 0.3 is 0 Å². The third-order valence-electron chi connectivity index (χ3n) is 1.92. The topological polar surface area (TPSA) is 50.3 Å². The lowest BCUT2D eigenvalue weighted by Crippen LogP contribution is -2.32. The molecule has 1 heterocycles. The van der Waals surface area contributed by atoms with Crippen molar-refractivity contribution in [3.63, 3.8) is 0 Å². The first-order chi connectivity index (χ1) is 6.61. The van der Waals surface area contributed by atoms with E-state index in [2.05, 4.69) is 4.98 Å². The molecule has 4 nitrogen and oxygen atoms in total. The second-order valence-corrected chi connectivity index (χ2v) is 3.01. The first-order valence-electron chi connectivity index (χ1n) is 4.27. The number of carbonyl (C=O) groups excluding carboxylic acids is 2. The van der Waals surface area contributed by atoms with Gasteiger partial charge in [0.15, 0.2) is 0 Å². The number of carbonyl (C=O) groups is 2. The van der Waals surface area contributed by atoms with Gasteiger partial charge in [0.25, 0.3) is 0 Å². The van der Waals surface area contributed by atoms with Gasteiger partial charge in [0, 0.05) is 26.4 Å². The van der Waals surface area contributed by atoms with Crippen LogP contribution in [0.15, 0.2) is 24.5 Å². The van der Waals surface area contributed by atoms with Crippen molar-refractivity contribution in [2.45, 2.75) is 13.3 Å². The van der Waals surface area contributed by atoms with Crippen LogP contribution in [0.5, 0.6) is 0 Å². The summed E-state index contributed by atoms with van der Waals surface area (Å²) in [6, 6.07) is 3.56. The summed E-state index contributed by atoms with van der Waals surface area (Å²) < 4.78 is 0. The van der Waals surface area contributed by atoms with Crippen LogP contribution in [0.3, 0.4) is 0 Å². The zero-order chi connectivity index (χ0) is 10.6. The predicted molar refractivity (Wildman–Crippen MR) is 51.4 cm³/mol. The number of aromatic nitrogens is 1. The van der Waals surface area contributed by atoms with E-state index in [0.717, 1.165) is 10.5 Å². The molecule has 2 amide bonds. The molecule has 0 fully saturated rings. The summed E-state index contributed by atoms with van der Waals surface area (Å²) in [6.07, 6.45) is 3.47. The Morgan fingerprint density at radius 1 is 1.50 bits per heavy atom. The molecule has 14 heavy (non-hydrogen) atoms. The van der Waals surface area contributed by atoms with Gasteiger partial charge in [0.05, 0.1) is 6.42 Å². The fourth-order valence-corrected chi connectivity index (χ4v) is 0.972. The summed E-state index contributed by atoms with van der Waals surface area (Å²) >= 11 is 0. The molecule has 1 aromatic heterocycles. The SMILES string of the molecule is CC(=O)N(C)C(=O)Cc1cccnc1. The molecule has 4 heteroatoms. The monoisotopic (exact) mass is 192 g/mol. The van der Waals surface area contributed by atoms with E-state index in [-0.39, 0.29) is 18.2 Å². The third kappa shape index (κ3) is 2.65. The minimum atomic E-state index is -0.251. The Balaban J connectivity index is 2.62. The maximum absolute atomic E-state index is 11.4. The smallest absolute Gasteiger partial charge is 0.233 e. The van der Waals surface area contributed by atoms with Crippen LogP contribution in [0.2, 0.25) is 0 Å². The Bertz CT molecular complexity index is 335. The van der Waals surface area contributed by atoms with Gasteiger partial charge in [-0.1, -0.05) is 6.07 Å². The molecule has 74 valence electrons. The molecular formula is C10H12N2O2. The second kappa shape index (κ2) is 4.50. The van der Waals surface area contributed by atoms with E-state index >= 15 is 0 Å². The molecular weight excluding hydrogens is 180 g/mol. The number of imide groups is 1. The zero-order valence-electron chi connectivity index (χ0n) is 8.23. The lowest BCUT2D eigenvalue weighted by atomic mass is 10.2. The highest BCUT2D eigenvalue weighted by molar-refractivity contribution is 5.94. The van der Waals surface area contributed by atoms with Crippen molar-refractivity contribution in [3.05, 3.63) is 30.1 Å². The largest absolute Gasteiger partial charge is 0.286 e. The Morgan fingerprint density at radius 2 is 2.21 bits per heavy atom. The van der Waals surface area contributed by atoms with Crippen molar-refractivity contribution in [2.24, 2.45) is 0 Å². The first kappa shape index (κ1) is 10.4. The lowest BCUT2D eigenvalue weighted by Gasteiger charge is -2.12. The Hall–Kier alpha value is -1.71. The molecule has 0 unspecified atom stereocenters. The normalized spacial score (nSPS) is 9.57. The van der Waals surface area contributed by atoms with Crippen molar-refractivity contribution in [1.82, 2.24) is 9.88 Å². The fraction of sp³-hybridized carbons (Fsp3) is 0.300. The summed E-state index contributed by atoms with van der Waals surface area (Å²) in [5, 5.41) is 0. The van der Waals surface area contributed by atoms with Crippen LogP contribution in [0.1, 0.15) is 12.5 Å². The van der Waals surface area contributed by atoms with Crippen molar-refractivity contribution in [1.29, 1.82) is 0 Å². The Kier molecular flexibility index (Phi) is 3.34. The number of nitrogens with zero attached hydrogens (tertiary/aromatic N) is 2. The van der Waals surface area contributed by atoms with Crippen molar-refractivity contribution in [2.75, 3.05) is 7.05 Å². The van der Waals surface area contributed by atoms with E-state index < -0.39 is 0 Å². The minimum absolute atomic E-state index is 0.212. The molecule has 0 aliphatic carbocycles. The van der Waals surface area contributed by atoms with Gasteiger partial charge < -0.3 is 0 Å². The molecule has 0 aliphatic rings. The molecule has 0 spiro atoms. The minimum Gasteiger partial charge on any atom is -0.286 e. The summed E-state index contributed by atoms with van der Waals surface area (Å²) in [5.41, 5.74) is 0.811. The van der Waals surface area contributed by atoms with Crippen LogP contribution in [0.4, 0.5) is 0 Å². The molecule has 1 aromatic rings. The molecule has 0 N–H and O–H groups in total. The van der Waals surface area contributed by atoms with Crippen LogP contribution < -0.4 is 0 Å². The van der Waals surface area contributed by atoms with E-state index in [0.29, 0.717) is 0 Å². The molecule has 1 rings (SSSR count). The first-order valence-corrected chi connectivity index (χ1v) is 4.27. The maximum atomic E-state index is 11.4. The van der Waals surface area contributed by atoms with E-state index in [4.69, 9.17) is 0 Å². The van der Waals surface area contributed by atoms with E-state index in [1.807, 2.05) is 0 Å². The molecule has 0 bridgehead atoms. The van der Waals surface area contributed by atoms with Gasteiger partial charge in [-0.05, 0) is 11.6 Å². The summed E-state index contributed by atoms with van der Waals surface area (Å²) in [7, 11) is 1.47. The zero-order valence-corrected chi connectivity index (χ0v) is 8.23. The number of hydrogen-bond acceptors (Lipinski definition) is 3. The molecule has 0 aliphatic heterocycles. The van der Waals surface area contributed by atoms with E-state index in [1.54, 1.807) is 24.5 Å². The number of pyridine rings is 1. The Labute approximate surface area is 82.6 Å².